The molecule has 0 atom stereocenters. The van der Waals surface area contributed by atoms with Crippen LogP contribution in [0.2, 0.25) is 5.02 Å². The monoisotopic (exact) mass is 301 g/mol. The maximum atomic E-state index is 13.5. The first kappa shape index (κ1) is 12.8. The summed E-state index contributed by atoms with van der Waals surface area (Å²) < 4.78 is 39.7. The summed E-state index contributed by atoms with van der Waals surface area (Å²) >= 11 is 8.06. The molecule has 0 spiro atoms. The van der Waals surface area contributed by atoms with Crippen LogP contribution in [0.15, 0.2) is 4.47 Å². The zero-order valence-electron chi connectivity index (χ0n) is 7.97. The van der Waals surface area contributed by atoms with Crippen LogP contribution in [0.25, 0.3) is 0 Å². The third-order valence-corrected chi connectivity index (χ3v) is 2.93. The van der Waals surface area contributed by atoms with Crippen LogP contribution < -0.4 is 5.73 Å². The molecule has 1 aromatic carbocycles. The summed E-state index contributed by atoms with van der Waals surface area (Å²) in [6.07, 6.45) is 0. The molecule has 1 nitrogen and oxygen atoms in total. The Morgan fingerprint density at radius 2 is 1.60 bits per heavy atom. The van der Waals surface area contributed by atoms with E-state index < -0.39 is 28.0 Å². The van der Waals surface area contributed by atoms with Gasteiger partial charge in [-0.1, -0.05) is 11.6 Å². The maximum absolute atomic E-state index is 13.5. The molecule has 0 unspecified atom stereocenters. The van der Waals surface area contributed by atoms with Gasteiger partial charge in [0.1, 0.15) is 5.02 Å². The first-order chi connectivity index (χ1) is 6.68. The minimum absolute atomic E-state index is 0.251. The second-order valence-corrected chi connectivity index (χ2v) is 4.84. The van der Waals surface area contributed by atoms with Crippen LogP contribution in [0.4, 0.5) is 13.2 Å². The lowest BCUT2D eigenvalue weighted by Crippen LogP contribution is -2.31. The van der Waals surface area contributed by atoms with Crippen LogP contribution in [0.5, 0.6) is 0 Å². The van der Waals surface area contributed by atoms with E-state index in [9.17, 15) is 13.2 Å². The summed E-state index contributed by atoms with van der Waals surface area (Å²) in [6.45, 7) is 2.87. The molecule has 0 radical (unpaired) electrons. The predicted molar refractivity (Wildman–Crippen MR) is 56.2 cm³/mol. The molecule has 2 N–H and O–H groups in total. The molecule has 0 saturated carbocycles. The van der Waals surface area contributed by atoms with Crippen molar-refractivity contribution in [2.75, 3.05) is 0 Å². The molecule has 0 aliphatic rings. The van der Waals surface area contributed by atoms with Crippen LogP contribution in [0, 0.1) is 17.5 Å². The topological polar surface area (TPSA) is 26.0 Å². The highest BCUT2D eigenvalue weighted by atomic mass is 79.9. The van der Waals surface area contributed by atoms with E-state index in [0.29, 0.717) is 0 Å². The van der Waals surface area contributed by atoms with Gasteiger partial charge in [-0.2, -0.15) is 0 Å². The Kier molecular flexibility index (Phi) is 3.38. The van der Waals surface area contributed by atoms with Crippen molar-refractivity contribution in [3.8, 4) is 0 Å². The molecule has 0 heterocycles. The van der Waals surface area contributed by atoms with Gasteiger partial charge in [0.15, 0.2) is 17.5 Å². The zero-order valence-corrected chi connectivity index (χ0v) is 10.3. The summed E-state index contributed by atoms with van der Waals surface area (Å²) in [5.41, 5.74) is 4.11. The Labute approximate surface area is 98.5 Å². The molecule has 0 bridgehead atoms. The largest absolute Gasteiger partial charge is 0.322 e. The normalized spacial score (nSPS) is 12.0. The van der Waals surface area contributed by atoms with Gasteiger partial charge in [-0.05, 0) is 29.8 Å². The van der Waals surface area contributed by atoms with Crippen molar-refractivity contribution in [3.63, 3.8) is 0 Å². The van der Waals surface area contributed by atoms with E-state index in [0.717, 1.165) is 0 Å². The quantitative estimate of drug-likeness (QED) is 0.621. The molecule has 1 rings (SSSR count). The fraction of sp³-hybridized carbons (Fsp3) is 0.333. The van der Waals surface area contributed by atoms with Gasteiger partial charge in [0.05, 0.1) is 4.47 Å². The number of hydrogen-bond donors (Lipinski definition) is 1. The van der Waals surface area contributed by atoms with E-state index in [1.54, 1.807) is 0 Å². The average molecular weight is 303 g/mol. The third-order valence-electron chi connectivity index (χ3n) is 1.85. The Morgan fingerprint density at radius 3 is 2.00 bits per heavy atom. The molecule has 84 valence electrons. The average Bonchev–Trinajstić information content (AvgIpc) is 2.09. The van der Waals surface area contributed by atoms with E-state index in [1.165, 1.54) is 13.8 Å². The van der Waals surface area contributed by atoms with Gasteiger partial charge < -0.3 is 5.73 Å². The zero-order chi connectivity index (χ0) is 12.0. The van der Waals surface area contributed by atoms with Crippen molar-refractivity contribution in [3.05, 3.63) is 32.5 Å². The van der Waals surface area contributed by atoms with Crippen molar-refractivity contribution in [1.82, 2.24) is 0 Å². The van der Waals surface area contributed by atoms with Gasteiger partial charge in [-0.25, -0.2) is 13.2 Å². The smallest absolute Gasteiger partial charge is 0.180 e. The number of benzene rings is 1. The lowest BCUT2D eigenvalue weighted by Gasteiger charge is -2.22. The van der Waals surface area contributed by atoms with E-state index in [-0.39, 0.29) is 10.0 Å². The number of nitrogens with two attached hydrogens (primary N) is 1. The van der Waals surface area contributed by atoms with Crippen LogP contribution >= 0.6 is 27.5 Å². The molecule has 0 amide bonds. The van der Waals surface area contributed by atoms with Crippen molar-refractivity contribution < 1.29 is 13.2 Å². The Bertz CT molecular complexity index is 386. The lowest BCUT2D eigenvalue weighted by atomic mass is 9.95. The van der Waals surface area contributed by atoms with E-state index >= 15 is 0 Å². The molecule has 0 fully saturated rings. The first-order valence-electron chi connectivity index (χ1n) is 3.98. The Hall–Kier alpha value is -0.260. The Morgan fingerprint density at radius 1 is 1.13 bits per heavy atom. The molecule has 0 aliphatic heterocycles. The second kappa shape index (κ2) is 3.96. The highest BCUT2D eigenvalue weighted by molar-refractivity contribution is 9.10. The highest BCUT2D eigenvalue weighted by Gasteiger charge is 2.30. The lowest BCUT2D eigenvalue weighted by molar-refractivity contribution is 0.440. The SMILES string of the molecule is CC(C)(N)c1c(F)c(F)c(Cl)c(F)c1Br. The summed E-state index contributed by atoms with van der Waals surface area (Å²) in [5.74, 6) is -3.71. The maximum Gasteiger partial charge on any atom is 0.180 e. The number of hydrogen-bond acceptors (Lipinski definition) is 1. The van der Waals surface area contributed by atoms with E-state index in [1.807, 2.05) is 0 Å². The summed E-state index contributed by atoms with van der Waals surface area (Å²) in [7, 11) is 0. The molecule has 0 saturated heterocycles. The van der Waals surface area contributed by atoms with Gasteiger partial charge in [-0.3, -0.25) is 0 Å². The van der Waals surface area contributed by atoms with Crippen LogP contribution in [0.1, 0.15) is 19.4 Å². The van der Waals surface area contributed by atoms with Gasteiger partial charge >= 0.3 is 0 Å². The summed E-state index contributed by atoms with van der Waals surface area (Å²) in [5, 5.41) is -0.882. The van der Waals surface area contributed by atoms with Crippen molar-refractivity contribution in [1.29, 1.82) is 0 Å². The van der Waals surface area contributed by atoms with E-state index in [2.05, 4.69) is 15.9 Å². The second-order valence-electron chi connectivity index (χ2n) is 3.67. The molecule has 1 aromatic rings. The van der Waals surface area contributed by atoms with Crippen LogP contribution in [-0.2, 0) is 5.54 Å². The minimum Gasteiger partial charge on any atom is -0.322 e. The highest BCUT2D eigenvalue weighted by Crippen LogP contribution is 2.36. The number of rotatable bonds is 1. The summed E-state index contributed by atoms with van der Waals surface area (Å²) in [6, 6.07) is 0. The summed E-state index contributed by atoms with van der Waals surface area (Å²) in [4.78, 5) is 0. The molecular formula is C9H8BrClF3N. The van der Waals surface area contributed by atoms with E-state index in [4.69, 9.17) is 17.3 Å². The predicted octanol–water partition coefficient (Wildman–Crippen LogP) is 3.71. The molecule has 0 aliphatic carbocycles. The fourth-order valence-electron chi connectivity index (χ4n) is 1.17. The Balaban J connectivity index is 3.68. The van der Waals surface area contributed by atoms with Gasteiger partial charge in [-0.15, -0.1) is 0 Å². The first-order valence-corrected chi connectivity index (χ1v) is 5.15. The standard InChI is InChI=1S/C9H8BrClF3N/c1-9(2,15)3-4(10)7(13)5(11)8(14)6(3)12/h15H2,1-2H3. The van der Waals surface area contributed by atoms with Gasteiger partial charge in [0, 0.05) is 11.1 Å². The van der Waals surface area contributed by atoms with Crippen molar-refractivity contribution >= 4 is 27.5 Å². The number of halogens is 5. The van der Waals surface area contributed by atoms with Crippen molar-refractivity contribution in [2.24, 2.45) is 5.73 Å². The van der Waals surface area contributed by atoms with Crippen LogP contribution in [0.3, 0.4) is 0 Å². The van der Waals surface area contributed by atoms with Gasteiger partial charge in [0.2, 0.25) is 0 Å². The van der Waals surface area contributed by atoms with Crippen LogP contribution in [-0.4, -0.2) is 0 Å². The molecule has 0 aromatic heterocycles. The molecule has 15 heavy (non-hydrogen) atoms. The van der Waals surface area contributed by atoms with Gasteiger partial charge in [0.25, 0.3) is 0 Å². The molecule has 6 heteroatoms. The minimum atomic E-state index is -1.43. The fourth-order valence-corrected chi connectivity index (χ4v) is 2.35. The van der Waals surface area contributed by atoms with Crippen molar-refractivity contribution in [2.45, 2.75) is 19.4 Å². The molecular weight excluding hydrogens is 294 g/mol. The third kappa shape index (κ3) is 2.14.